The van der Waals surface area contributed by atoms with Gasteiger partial charge in [0.2, 0.25) is 0 Å². The molecule has 0 bridgehead atoms. The molecule has 0 radical (unpaired) electrons. The fourth-order valence-corrected chi connectivity index (χ4v) is 17.5. The van der Waals surface area contributed by atoms with Gasteiger partial charge in [0, 0.05) is 66.8 Å². The molecular formula is C71H102O26. The first-order valence-electron chi connectivity index (χ1n) is 34.2. The van der Waals surface area contributed by atoms with Crippen molar-refractivity contribution in [1.29, 1.82) is 0 Å². The Morgan fingerprint density at radius 1 is 0.567 bits per heavy atom. The predicted octanol–water partition coefficient (Wildman–Crippen LogP) is 4.30. The number of fused-ring (bicyclic) bond motifs is 5. The van der Waals surface area contributed by atoms with Crippen molar-refractivity contribution in [2.75, 3.05) is 35.5 Å². The highest BCUT2D eigenvalue weighted by molar-refractivity contribution is 5.89. The zero-order valence-corrected chi connectivity index (χ0v) is 57.5. The first-order valence-corrected chi connectivity index (χ1v) is 34.2. The Morgan fingerprint density at radius 3 is 1.66 bits per heavy atom. The van der Waals surface area contributed by atoms with Gasteiger partial charge in [-0.25, -0.2) is 9.59 Å². The number of carbonyl (C=O) groups is 2. The number of hydrogen-bond donors (Lipinski definition) is 7. The van der Waals surface area contributed by atoms with Crippen LogP contribution in [0.1, 0.15) is 129 Å². The smallest absolute Gasteiger partial charge is 0.338 e. The second-order valence-corrected chi connectivity index (χ2v) is 28.4. The molecule has 8 fully saturated rings. The summed E-state index contributed by atoms with van der Waals surface area (Å²) in [6, 6.07) is 17.8. The molecule has 26 nitrogen and oxygen atoms in total. The van der Waals surface area contributed by atoms with Crippen LogP contribution in [0, 0.1) is 16.7 Å². The van der Waals surface area contributed by atoms with Gasteiger partial charge in [0.15, 0.2) is 37.7 Å². The molecule has 97 heavy (non-hydrogen) atoms. The number of methoxy groups -OCH3 is 5. The topological polar surface area (TPSA) is 333 Å². The number of ether oxygens (including phenoxy) is 17. The fourth-order valence-electron chi connectivity index (χ4n) is 17.5. The number of aliphatic hydroxyl groups is 7. The standard InChI is InChI=1S/C71H102O26/c1-36-58(93-52-33-46(82-9)59(37(2)87-52)94-53-34-47(83-10)60(38(3)88-53)95-66-57(76)62(84-11)61(39(4)89-66)96-65-56(75)54(73)55(74)64(85-12)97-65)45(81-8)32-51(86-36)91-44-26-27-67(6)43(31-44)25-28-70(79)48(67)35-49(92-63(77)42-21-17-14-18-22-42)68(7)69(78,29-30-71(68,70)80)40(5)90-50(72)24-23-41-19-15-13-16-20-41/h13-25,36-40,44-49,51-62,64-66,73-76,78-80H,26-35H2,1-12H3/b24-23+/t36-,37-,38-,39-,40?,44+,45+,46+,47+,48?,49?,51+,52+,53+,54-,55+,56-,57-,58-,59-,60?,61-,62+,64+,65-,66+,67+,68-,69+,70+,71-/m1/s1. The van der Waals surface area contributed by atoms with Crippen molar-refractivity contribution >= 4 is 18.0 Å². The zero-order chi connectivity index (χ0) is 69.7. The molecule has 5 heterocycles. The number of rotatable bonds is 21. The minimum absolute atomic E-state index is 0.0491. The van der Waals surface area contributed by atoms with Crippen LogP contribution in [0.4, 0.5) is 0 Å². The SMILES string of the molecule is CO[C@H]1O[C@@H](O[C@H]2[C@@H](OC)[C@@H](O)[C@H](OC3[C@@H](OC)C[C@H](O[C@H]4[C@@H](OC)C[C@H](O[C@H]5[C@@H](OC)C[C@H](O[C@H]6CC[C@@]7(C)C(=CC[C@]8(O)C7CC(OC(=O)c7ccccc7)[C@@]7(C)[C@]8(O)CC[C@]7(O)C(C)OC(=O)/C=C/c7ccccc7)C6)O[C@@H]5C)O[C@@H]4C)O[C@@H]3C)O[C@@H]2C)[C@H](O)[C@H](O)[C@@H]1O. The molecule has 3 saturated carbocycles. The van der Waals surface area contributed by atoms with E-state index < -0.39 is 193 Å². The first kappa shape index (κ1) is 74.2. The van der Waals surface area contributed by atoms with Gasteiger partial charge in [0.25, 0.3) is 0 Å². The molecule has 5 aliphatic heterocycles. The average Bonchev–Trinajstić information content (AvgIpc) is 1.59. The number of aliphatic hydroxyl groups excluding tert-OH is 4. The van der Waals surface area contributed by atoms with Crippen molar-refractivity contribution in [3.8, 4) is 0 Å². The zero-order valence-electron chi connectivity index (χ0n) is 57.5. The van der Waals surface area contributed by atoms with E-state index in [-0.39, 0.29) is 50.2 Å². The van der Waals surface area contributed by atoms with Gasteiger partial charge in [0.05, 0.1) is 59.8 Å². The Kier molecular flexibility index (Phi) is 23.0. The maximum atomic E-state index is 14.2. The molecule has 2 aromatic carbocycles. The maximum absolute atomic E-state index is 14.2. The van der Waals surface area contributed by atoms with E-state index >= 15 is 0 Å². The molecule has 9 aliphatic rings. The average molecular weight is 1370 g/mol. The van der Waals surface area contributed by atoms with E-state index in [1.165, 1.54) is 27.4 Å². The molecule has 0 aromatic heterocycles. The van der Waals surface area contributed by atoms with E-state index in [1.807, 2.05) is 50.3 Å². The van der Waals surface area contributed by atoms with Crippen molar-refractivity contribution in [3.05, 3.63) is 89.5 Å². The summed E-state index contributed by atoms with van der Waals surface area (Å²) in [4.78, 5) is 27.6. The lowest BCUT2D eigenvalue weighted by atomic mass is 9.42. The van der Waals surface area contributed by atoms with Gasteiger partial charge in [-0.2, -0.15) is 0 Å². The molecule has 542 valence electrons. The van der Waals surface area contributed by atoms with Gasteiger partial charge >= 0.3 is 11.9 Å². The van der Waals surface area contributed by atoms with Gasteiger partial charge in [-0.05, 0) is 109 Å². The summed E-state index contributed by atoms with van der Waals surface area (Å²) in [6.45, 7) is 12.6. The van der Waals surface area contributed by atoms with Gasteiger partial charge in [0.1, 0.15) is 83.9 Å². The highest BCUT2D eigenvalue weighted by Gasteiger charge is 2.82. The predicted molar refractivity (Wildman–Crippen MR) is 340 cm³/mol. The van der Waals surface area contributed by atoms with Crippen molar-refractivity contribution in [3.63, 3.8) is 0 Å². The monoisotopic (exact) mass is 1370 g/mol. The second kappa shape index (κ2) is 30.1. The molecule has 2 aromatic rings. The molecule has 26 heteroatoms. The number of carbonyl (C=O) groups excluding carboxylic acids is 2. The number of hydrogen-bond acceptors (Lipinski definition) is 26. The summed E-state index contributed by atoms with van der Waals surface area (Å²) in [5.41, 5.74) is -6.09. The highest BCUT2D eigenvalue weighted by atomic mass is 16.8. The molecule has 5 saturated heterocycles. The Hall–Kier alpha value is -4.02. The molecule has 4 aliphatic carbocycles. The maximum Gasteiger partial charge on any atom is 0.338 e. The minimum Gasteiger partial charge on any atom is -0.458 e. The summed E-state index contributed by atoms with van der Waals surface area (Å²) < 4.78 is 105. The van der Waals surface area contributed by atoms with Crippen molar-refractivity contribution < 1.29 is 126 Å². The van der Waals surface area contributed by atoms with Crippen LogP contribution in [-0.2, 0) is 85.3 Å². The quantitative estimate of drug-likeness (QED) is 0.0520. The van der Waals surface area contributed by atoms with E-state index in [1.54, 1.807) is 78.3 Å². The minimum atomic E-state index is -2.02. The lowest BCUT2D eigenvalue weighted by Gasteiger charge is -2.67. The van der Waals surface area contributed by atoms with Crippen LogP contribution < -0.4 is 0 Å². The Morgan fingerprint density at radius 2 is 1.09 bits per heavy atom. The van der Waals surface area contributed by atoms with E-state index in [0.717, 1.165) is 11.1 Å². The van der Waals surface area contributed by atoms with Crippen molar-refractivity contribution in [2.24, 2.45) is 16.7 Å². The summed E-state index contributed by atoms with van der Waals surface area (Å²) in [7, 11) is 7.40. The van der Waals surface area contributed by atoms with E-state index in [2.05, 4.69) is 6.92 Å². The summed E-state index contributed by atoms with van der Waals surface area (Å²) >= 11 is 0. The molecule has 7 N–H and O–H groups in total. The largest absolute Gasteiger partial charge is 0.458 e. The third-order valence-electron chi connectivity index (χ3n) is 23.1. The summed E-state index contributed by atoms with van der Waals surface area (Å²) in [5.74, 6) is -1.98. The van der Waals surface area contributed by atoms with E-state index in [0.29, 0.717) is 25.7 Å². The Bertz CT molecular complexity index is 3020. The lowest BCUT2D eigenvalue weighted by molar-refractivity contribution is -0.387. The van der Waals surface area contributed by atoms with Crippen molar-refractivity contribution in [2.45, 2.75) is 283 Å². The van der Waals surface area contributed by atoms with Gasteiger partial charge < -0.3 is 116 Å². The molecule has 31 atom stereocenters. The number of esters is 2. The van der Waals surface area contributed by atoms with E-state index in [4.69, 9.17) is 80.5 Å². The van der Waals surface area contributed by atoms with Gasteiger partial charge in [-0.3, -0.25) is 0 Å². The van der Waals surface area contributed by atoms with Crippen LogP contribution in [0.3, 0.4) is 0 Å². The fraction of sp³-hybridized carbons (Fsp3) is 0.746. The van der Waals surface area contributed by atoms with E-state index in [9.17, 15) is 45.3 Å². The third kappa shape index (κ3) is 14.0. The molecule has 0 amide bonds. The molecule has 0 spiro atoms. The van der Waals surface area contributed by atoms with Gasteiger partial charge in [-0.1, -0.05) is 74.0 Å². The van der Waals surface area contributed by atoms with Crippen LogP contribution in [0.5, 0.6) is 0 Å². The highest BCUT2D eigenvalue weighted by Crippen LogP contribution is 2.71. The number of benzene rings is 2. The molecular weight excluding hydrogens is 1270 g/mol. The third-order valence-corrected chi connectivity index (χ3v) is 23.1. The molecule has 11 rings (SSSR count). The van der Waals surface area contributed by atoms with Crippen LogP contribution in [-0.4, -0.2) is 254 Å². The van der Waals surface area contributed by atoms with Gasteiger partial charge in [-0.15, -0.1) is 0 Å². The first-order chi connectivity index (χ1) is 46.2. The van der Waals surface area contributed by atoms with Crippen LogP contribution in [0.25, 0.3) is 6.08 Å². The summed E-state index contributed by atoms with van der Waals surface area (Å²) in [6.07, 6.45) is -15.8. The normalized spacial score (nSPS) is 46.5. The Labute approximate surface area is 566 Å². The summed E-state index contributed by atoms with van der Waals surface area (Å²) in [5, 5.41) is 82.9. The second-order valence-electron chi connectivity index (χ2n) is 28.4. The molecule has 4 unspecified atom stereocenters. The van der Waals surface area contributed by atoms with Crippen LogP contribution >= 0.6 is 0 Å². The lowest BCUT2D eigenvalue weighted by Crippen LogP contribution is -2.78. The van der Waals surface area contributed by atoms with Crippen LogP contribution in [0.15, 0.2) is 78.4 Å². The van der Waals surface area contributed by atoms with Crippen LogP contribution in [0.2, 0.25) is 0 Å². The van der Waals surface area contributed by atoms with Crippen molar-refractivity contribution in [1.82, 2.24) is 0 Å². The Balaban J connectivity index is 0.695.